The highest BCUT2D eigenvalue weighted by molar-refractivity contribution is 5.63. The summed E-state index contributed by atoms with van der Waals surface area (Å²) in [5.74, 6) is 5.53. The molecule has 1 unspecified atom stereocenters. The summed E-state index contributed by atoms with van der Waals surface area (Å²) >= 11 is 0. The van der Waals surface area contributed by atoms with Crippen molar-refractivity contribution in [3.63, 3.8) is 0 Å². The Morgan fingerprint density at radius 3 is 2.09 bits per heavy atom. The van der Waals surface area contributed by atoms with Crippen LogP contribution in [-0.4, -0.2) is 7.05 Å². The summed E-state index contributed by atoms with van der Waals surface area (Å²) in [6.45, 7) is 17.9. The van der Waals surface area contributed by atoms with Crippen LogP contribution in [0.4, 0.5) is 5.69 Å². The predicted molar refractivity (Wildman–Crippen MR) is 149 cm³/mol. The number of ether oxygens (including phenoxy) is 2. The lowest BCUT2D eigenvalue weighted by molar-refractivity contribution is 0.402. The highest BCUT2D eigenvalue weighted by atomic mass is 16.5. The van der Waals surface area contributed by atoms with E-state index in [9.17, 15) is 0 Å². The molecule has 4 nitrogen and oxygen atoms in total. The van der Waals surface area contributed by atoms with Crippen LogP contribution in [0.1, 0.15) is 79.5 Å². The van der Waals surface area contributed by atoms with Crippen LogP contribution in [0, 0.1) is 12.3 Å². The average Bonchev–Trinajstić information content (AvgIpc) is 2.86. The number of benzene rings is 2. The molecule has 1 heterocycles. The van der Waals surface area contributed by atoms with E-state index in [-0.39, 0.29) is 6.04 Å². The Morgan fingerprint density at radius 2 is 1.56 bits per heavy atom. The van der Waals surface area contributed by atoms with Crippen molar-refractivity contribution in [2.24, 2.45) is 0 Å². The van der Waals surface area contributed by atoms with Gasteiger partial charge in [-0.15, -0.1) is 12.3 Å². The van der Waals surface area contributed by atoms with Gasteiger partial charge in [0, 0.05) is 23.0 Å². The van der Waals surface area contributed by atoms with Crippen LogP contribution in [0.3, 0.4) is 0 Å². The summed E-state index contributed by atoms with van der Waals surface area (Å²) in [6.07, 6.45) is 9.53. The molecule has 0 spiro atoms. The third-order valence-electron chi connectivity index (χ3n) is 4.82. The van der Waals surface area contributed by atoms with Crippen molar-refractivity contribution in [2.75, 3.05) is 12.4 Å². The van der Waals surface area contributed by atoms with Crippen molar-refractivity contribution in [2.45, 2.75) is 74.8 Å². The van der Waals surface area contributed by atoms with Crippen LogP contribution in [0.15, 0.2) is 60.0 Å². The summed E-state index contributed by atoms with van der Waals surface area (Å²) in [5, 5.41) is 6.82. The molecule has 3 rings (SSSR count). The second kappa shape index (κ2) is 17.3. The summed E-state index contributed by atoms with van der Waals surface area (Å²) in [6, 6.07) is 12.2. The molecule has 1 aliphatic heterocycles. The van der Waals surface area contributed by atoms with Gasteiger partial charge in [0.15, 0.2) is 0 Å². The van der Waals surface area contributed by atoms with E-state index in [0.717, 1.165) is 51.9 Å². The maximum atomic E-state index is 6.41. The van der Waals surface area contributed by atoms with Gasteiger partial charge in [-0.05, 0) is 71.5 Å². The molecule has 4 heteroatoms. The van der Waals surface area contributed by atoms with Crippen LogP contribution in [0.2, 0.25) is 0 Å². The van der Waals surface area contributed by atoms with E-state index in [1.54, 1.807) is 6.92 Å². The topological polar surface area (TPSA) is 42.5 Å². The average molecular weight is 465 g/mol. The third-order valence-corrected chi connectivity index (χ3v) is 4.82. The Balaban J connectivity index is 0.00000141. The SMILES string of the molecule is C#CC.C/C=C1\C=C(/C)Oc2cccc(c2C(C)NC)Oc2cccc(c2CC)N1.CC.CC. The monoisotopic (exact) mass is 464 g/mol. The molecule has 1 atom stereocenters. The minimum atomic E-state index is 0.0829. The quantitative estimate of drug-likeness (QED) is 0.446. The fourth-order valence-electron chi connectivity index (χ4n) is 3.30. The van der Waals surface area contributed by atoms with Crippen molar-refractivity contribution >= 4 is 5.69 Å². The first kappa shape index (κ1) is 30.8. The van der Waals surface area contributed by atoms with Crippen molar-refractivity contribution in [1.82, 2.24) is 5.32 Å². The van der Waals surface area contributed by atoms with Gasteiger partial charge in [-0.1, -0.05) is 52.8 Å². The van der Waals surface area contributed by atoms with Gasteiger partial charge in [0.25, 0.3) is 0 Å². The molecule has 2 N–H and O–H groups in total. The maximum Gasteiger partial charge on any atom is 0.135 e. The van der Waals surface area contributed by atoms with Crippen LogP contribution in [0.25, 0.3) is 0 Å². The van der Waals surface area contributed by atoms with Crippen LogP contribution >= 0.6 is 0 Å². The van der Waals surface area contributed by atoms with E-state index in [1.807, 2.05) is 91.1 Å². The first-order valence-electron chi connectivity index (χ1n) is 12.3. The Kier molecular flexibility index (Phi) is 15.7. The van der Waals surface area contributed by atoms with Gasteiger partial charge < -0.3 is 20.1 Å². The van der Waals surface area contributed by atoms with Crippen molar-refractivity contribution in [1.29, 1.82) is 0 Å². The Morgan fingerprint density at radius 1 is 1.03 bits per heavy atom. The molecule has 2 aromatic rings. The van der Waals surface area contributed by atoms with Gasteiger partial charge in [-0.25, -0.2) is 0 Å². The van der Waals surface area contributed by atoms with Crippen LogP contribution < -0.4 is 20.1 Å². The zero-order chi connectivity index (χ0) is 26.1. The molecule has 0 saturated carbocycles. The number of rotatable bonds is 3. The highest BCUT2D eigenvalue weighted by Crippen LogP contribution is 2.40. The second-order valence-electron chi connectivity index (χ2n) is 6.93. The highest BCUT2D eigenvalue weighted by Gasteiger charge is 2.20. The lowest BCUT2D eigenvalue weighted by atomic mass is 10.0. The molecular formula is C30H44N2O2. The zero-order valence-electron chi connectivity index (χ0n) is 22.8. The van der Waals surface area contributed by atoms with E-state index < -0.39 is 0 Å². The summed E-state index contributed by atoms with van der Waals surface area (Å²) < 4.78 is 12.6. The molecule has 1 aliphatic rings. The predicted octanol–water partition coefficient (Wildman–Crippen LogP) is 8.63. The van der Waals surface area contributed by atoms with Gasteiger partial charge in [-0.2, -0.15) is 0 Å². The lowest BCUT2D eigenvalue weighted by Gasteiger charge is -2.23. The smallest absolute Gasteiger partial charge is 0.135 e. The number of hydrogen-bond donors (Lipinski definition) is 2. The number of hydrogen-bond acceptors (Lipinski definition) is 4. The molecule has 0 fully saturated rings. The Hall–Kier alpha value is -3.16. The van der Waals surface area contributed by atoms with Gasteiger partial charge in [0.2, 0.25) is 0 Å². The van der Waals surface area contributed by atoms with Crippen LogP contribution in [-0.2, 0) is 6.42 Å². The van der Waals surface area contributed by atoms with Crippen molar-refractivity contribution in [3.05, 3.63) is 71.1 Å². The number of fused-ring (bicyclic) bond motifs is 4. The minimum Gasteiger partial charge on any atom is -0.461 e. The van der Waals surface area contributed by atoms with Crippen molar-refractivity contribution in [3.8, 4) is 29.6 Å². The fraction of sp³-hybridized carbons (Fsp3) is 0.400. The van der Waals surface area contributed by atoms with E-state index in [0.29, 0.717) is 0 Å². The molecule has 0 amide bonds. The third kappa shape index (κ3) is 8.65. The molecule has 186 valence electrons. The van der Waals surface area contributed by atoms with Crippen molar-refractivity contribution < 1.29 is 9.47 Å². The molecule has 2 aromatic carbocycles. The van der Waals surface area contributed by atoms with Crippen LogP contribution in [0.5, 0.6) is 17.2 Å². The number of anilines is 1. The van der Waals surface area contributed by atoms with E-state index in [1.165, 1.54) is 0 Å². The second-order valence-corrected chi connectivity index (χ2v) is 6.93. The number of allylic oxidation sites excluding steroid dienone is 3. The zero-order valence-corrected chi connectivity index (χ0v) is 22.8. The lowest BCUT2D eigenvalue weighted by Crippen LogP contribution is -2.15. The van der Waals surface area contributed by atoms with Gasteiger partial charge in [0.1, 0.15) is 23.0 Å². The fourth-order valence-corrected chi connectivity index (χ4v) is 3.30. The molecule has 0 saturated heterocycles. The van der Waals surface area contributed by atoms with E-state index in [2.05, 4.69) is 42.9 Å². The first-order valence-corrected chi connectivity index (χ1v) is 12.3. The largest absolute Gasteiger partial charge is 0.461 e. The van der Waals surface area contributed by atoms with E-state index >= 15 is 0 Å². The number of nitrogens with one attached hydrogen (secondary N) is 2. The summed E-state index contributed by atoms with van der Waals surface area (Å²) in [7, 11) is 1.94. The molecule has 4 bridgehead atoms. The molecule has 0 aliphatic carbocycles. The standard InChI is InChI=1S/C23H28N2O2.C3H4.2C2H6/c1-6-17-14-15(3)26-21-12-9-13-22(23(21)16(4)24-5)27-20-11-8-10-19(25-17)18(20)7-2;1-3-2;2*1-2/h6,8-14,16,24-25H,7H2,1-5H3;1H,2H3;2*1-2H3/b15-14+,17-6+;;;. The minimum absolute atomic E-state index is 0.0829. The number of terminal acetylenes is 1. The summed E-state index contributed by atoms with van der Waals surface area (Å²) in [4.78, 5) is 0. The van der Waals surface area contributed by atoms with Gasteiger partial charge in [-0.3, -0.25) is 0 Å². The van der Waals surface area contributed by atoms with E-state index in [4.69, 9.17) is 9.47 Å². The van der Waals surface area contributed by atoms with Gasteiger partial charge >= 0.3 is 0 Å². The summed E-state index contributed by atoms with van der Waals surface area (Å²) in [5.41, 5.74) is 4.19. The maximum absolute atomic E-state index is 6.41. The Bertz CT molecular complexity index is 968. The normalized spacial score (nSPS) is 15.0. The molecule has 0 aromatic heterocycles. The van der Waals surface area contributed by atoms with Gasteiger partial charge in [0.05, 0.1) is 5.56 Å². The molecule has 34 heavy (non-hydrogen) atoms. The molecular weight excluding hydrogens is 420 g/mol. The first-order chi connectivity index (χ1) is 16.5. The molecule has 0 radical (unpaired) electrons. The Labute approximate surface area is 208 Å².